The summed E-state index contributed by atoms with van der Waals surface area (Å²) in [5, 5.41) is 14.8. The molecule has 2 heterocycles. The Bertz CT molecular complexity index is 1210. The van der Waals surface area contributed by atoms with E-state index in [1.807, 2.05) is 37.3 Å². The fraction of sp³-hybridized carbons (Fsp3) is 0.385. The lowest BCUT2D eigenvalue weighted by molar-refractivity contribution is -0.119. The van der Waals surface area contributed by atoms with Crippen LogP contribution in [-0.2, 0) is 4.79 Å². The van der Waals surface area contributed by atoms with Crippen LogP contribution in [0.25, 0.3) is 10.9 Å². The fourth-order valence-electron chi connectivity index (χ4n) is 4.33. The molecule has 1 fully saturated rings. The van der Waals surface area contributed by atoms with Crippen molar-refractivity contribution in [3.8, 4) is 17.4 Å². The predicted molar refractivity (Wildman–Crippen MR) is 139 cm³/mol. The van der Waals surface area contributed by atoms with E-state index >= 15 is 0 Å². The first-order valence-corrected chi connectivity index (χ1v) is 11.8. The first-order valence-electron chi connectivity index (χ1n) is 11.8. The van der Waals surface area contributed by atoms with Gasteiger partial charge in [0.15, 0.2) is 17.4 Å². The molecule has 9 nitrogen and oxygen atoms in total. The van der Waals surface area contributed by atoms with Crippen molar-refractivity contribution in [2.75, 3.05) is 58.9 Å². The molecule has 9 heteroatoms. The number of ether oxygens (including phenoxy) is 2. The van der Waals surface area contributed by atoms with Crippen molar-refractivity contribution in [2.24, 2.45) is 4.99 Å². The van der Waals surface area contributed by atoms with E-state index in [0.717, 1.165) is 54.2 Å². The molecule has 0 radical (unpaired) electrons. The summed E-state index contributed by atoms with van der Waals surface area (Å²) in [5.74, 6) is 1.26. The molecular formula is C26H33N5O4. The number of rotatable bonds is 8. The van der Waals surface area contributed by atoms with E-state index in [-0.39, 0.29) is 11.8 Å². The van der Waals surface area contributed by atoms with E-state index in [1.165, 1.54) is 0 Å². The molecule has 0 bridgehead atoms. The van der Waals surface area contributed by atoms with Gasteiger partial charge in [-0.25, -0.2) is 0 Å². The summed E-state index contributed by atoms with van der Waals surface area (Å²) in [6.07, 6.45) is 0.611. The maximum absolute atomic E-state index is 12.7. The van der Waals surface area contributed by atoms with E-state index in [1.54, 1.807) is 32.2 Å². The topological polar surface area (TPSA) is 102 Å². The third kappa shape index (κ3) is 5.26. The number of nitrogens with zero attached hydrogens (tertiary/aromatic N) is 3. The number of piperazine rings is 1. The number of hydrogen-bond donors (Lipinski definition) is 3. The highest BCUT2D eigenvalue weighted by Gasteiger charge is 2.20. The molecule has 1 aliphatic rings. The first-order chi connectivity index (χ1) is 16.9. The highest BCUT2D eigenvalue weighted by molar-refractivity contribution is 6.14. The van der Waals surface area contributed by atoms with Gasteiger partial charge in [0.1, 0.15) is 0 Å². The van der Waals surface area contributed by atoms with Gasteiger partial charge in [-0.05, 0) is 36.8 Å². The lowest BCUT2D eigenvalue weighted by Crippen LogP contribution is -2.47. The Morgan fingerprint density at radius 2 is 1.77 bits per heavy atom. The number of carbonyl (C=O) groups is 1. The molecule has 3 aromatic rings. The van der Waals surface area contributed by atoms with Gasteiger partial charge in [0, 0.05) is 50.4 Å². The van der Waals surface area contributed by atoms with E-state index in [2.05, 4.69) is 15.2 Å². The van der Waals surface area contributed by atoms with Crippen molar-refractivity contribution in [3.05, 3.63) is 42.0 Å². The highest BCUT2D eigenvalue weighted by Crippen LogP contribution is 2.37. The SMILES string of the molecule is CCC(=Nc1ccc(N(C)C(=O)CN2CCNCC2)cc1)c1c(O)[nH]c2cc(OC)c(OC)cc12. The maximum Gasteiger partial charge on any atom is 0.240 e. The average molecular weight is 480 g/mol. The first kappa shape index (κ1) is 24.6. The van der Waals surface area contributed by atoms with Crippen LogP contribution in [0, 0.1) is 0 Å². The summed E-state index contributed by atoms with van der Waals surface area (Å²) < 4.78 is 10.8. The highest BCUT2D eigenvalue weighted by atomic mass is 16.5. The molecule has 4 rings (SSSR count). The molecule has 1 amide bonds. The van der Waals surface area contributed by atoms with Crippen molar-refractivity contribution in [2.45, 2.75) is 13.3 Å². The van der Waals surface area contributed by atoms with E-state index in [0.29, 0.717) is 30.0 Å². The number of aromatic nitrogens is 1. The molecule has 0 atom stereocenters. The van der Waals surface area contributed by atoms with Crippen molar-refractivity contribution in [1.29, 1.82) is 0 Å². The van der Waals surface area contributed by atoms with E-state index in [4.69, 9.17) is 14.5 Å². The third-order valence-corrected chi connectivity index (χ3v) is 6.35. The van der Waals surface area contributed by atoms with Crippen LogP contribution in [0.4, 0.5) is 11.4 Å². The number of fused-ring (bicyclic) bond motifs is 1. The second kappa shape index (κ2) is 10.8. The fourth-order valence-corrected chi connectivity index (χ4v) is 4.33. The van der Waals surface area contributed by atoms with Gasteiger partial charge in [-0.2, -0.15) is 0 Å². The number of H-pyrrole nitrogens is 1. The van der Waals surface area contributed by atoms with Gasteiger partial charge in [0.25, 0.3) is 0 Å². The number of anilines is 1. The zero-order valence-electron chi connectivity index (χ0n) is 20.7. The molecular weight excluding hydrogens is 446 g/mol. The Labute approximate surface area is 205 Å². The molecule has 2 aromatic carbocycles. The summed E-state index contributed by atoms with van der Waals surface area (Å²) in [4.78, 5) is 24.4. The molecule has 1 saturated heterocycles. The van der Waals surface area contributed by atoms with Gasteiger partial charge in [-0.3, -0.25) is 14.7 Å². The Balaban J connectivity index is 1.57. The van der Waals surface area contributed by atoms with Gasteiger partial charge in [-0.15, -0.1) is 0 Å². The number of likely N-dealkylation sites (N-methyl/N-ethyl adjacent to an activating group) is 1. The lowest BCUT2D eigenvalue weighted by Gasteiger charge is -2.28. The quantitative estimate of drug-likeness (QED) is 0.429. The summed E-state index contributed by atoms with van der Waals surface area (Å²) >= 11 is 0. The summed E-state index contributed by atoms with van der Waals surface area (Å²) in [6, 6.07) is 11.2. The number of amides is 1. The molecule has 186 valence electrons. The van der Waals surface area contributed by atoms with Crippen molar-refractivity contribution in [3.63, 3.8) is 0 Å². The minimum absolute atomic E-state index is 0.0470. The van der Waals surface area contributed by atoms with Crippen molar-refractivity contribution in [1.82, 2.24) is 15.2 Å². The number of carbonyl (C=O) groups excluding carboxylic acids is 1. The zero-order chi connectivity index (χ0) is 24.9. The van der Waals surface area contributed by atoms with Crippen LogP contribution in [0.1, 0.15) is 18.9 Å². The van der Waals surface area contributed by atoms with Crippen LogP contribution in [0.15, 0.2) is 41.4 Å². The average Bonchev–Trinajstić information content (AvgIpc) is 3.21. The minimum atomic E-state index is 0.0470. The Hall–Kier alpha value is -3.56. The number of hydrogen-bond acceptors (Lipinski definition) is 7. The smallest absolute Gasteiger partial charge is 0.240 e. The van der Waals surface area contributed by atoms with Gasteiger partial charge < -0.3 is 29.8 Å². The third-order valence-electron chi connectivity index (χ3n) is 6.35. The van der Waals surface area contributed by atoms with Gasteiger partial charge >= 0.3 is 0 Å². The number of benzene rings is 2. The van der Waals surface area contributed by atoms with Gasteiger partial charge in [-0.1, -0.05) is 6.92 Å². The molecule has 0 spiro atoms. The molecule has 35 heavy (non-hydrogen) atoms. The molecule has 3 N–H and O–H groups in total. The van der Waals surface area contributed by atoms with Gasteiger partial charge in [0.05, 0.1) is 43.2 Å². The Kier molecular flexibility index (Phi) is 7.57. The molecule has 0 aliphatic carbocycles. The van der Waals surface area contributed by atoms with Crippen LogP contribution in [0.3, 0.4) is 0 Å². The predicted octanol–water partition coefficient (Wildman–Crippen LogP) is 3.29. The maximum atomic E-state index is 12.7. The molecule has 0 saturated carbocycles. The number of aromatic amines is 1. The van der Waals surface area contributed by atoms with E-state index in [9.17, 15) is 9.90 Å². The molecule has 1 aromatic heterocycles. The summed E-state index contributed by atoms with van der Waals surface area (Å²) in [7, 11) is 4.95. The Morgan fingerprint density at radius 1 is 1.11 bits per heavy atom. The van der Waals surface area contributed by atoms with E-state index < -0.39 is 0 Å². The van der Waals surface area contributed by atoms with Crippen LogP contribution in [-0.4, -0.2) is 80.6 Å². The normalized spacial score (nSPS) is 14.8. The number of aliphatic imine (C=N–C) groups is 1. The van der Waals surface area contributed by atoms with Crippen molar-refractivity contribution >= 4 is 33.9 Å². The largest absolute Gasteiger partial charge is 0.494 e. The second-order valence-electron chi connectivity index (χ2n) is 8.51. The zero-order valence-corrected chi connectivity index (χ0v) is 20.7. The van der Waals surface area contributed by atoms with Gasteiger partial charge in [0.2, 0.25) is 5.91 Å². The summed E-state index contributed by atoms with van der Waals surface area (Å²) in [6.45, 7) is 5.99. The monoisotopic (exact) mass is 479 g/mol. The van der Waals surface area contributed by atoms with Crippen LogP contribution < -0.4 is 19.7 Å². The van der Waals surface area contributed by atoms with Crippen LogP contribution in [0.5, 0.6) is 17.4 Å². The summed E-state index contributed by atoms with van der Waals surface area (Å²) in [5.41, 5.74) is 3.65. The number of methoxy groups -OCH3 is 2. The van der Waals surface area contributed by atoms with Crippen molar-refractivity contribution < 1.29 is 19.4 Å². The number of nitrogens with one attached hydrogen (secondary N) is 2. The standard InChI is InChI=1S/C26H33N5O4/c1-5-20(25-19-14-22(34-3)23(35-4)15-21(19)29-26(25)33)28-17-6-8-18(9-7-17)30(2)24(32)16-31-12-10-27-11-13-31/h6-9,14-15,27,29,33H,5,10-13,16H2,1-4H3. The number of aromatic hydroxyl groups is 1. The Morgan fingerprint density at radius 3 is 2.40 bits per heavy atom. The van der Waals surface area contributed by atoms with Crippen LogP contribution in [0.2, 0.25) is 0 Å². The molecule has 0 unspecified atom stereocenters. The molecule has 1 aliphatic heterocycles. The van der Waals surface area contributed by atoms with Crippen LogP contribution >= 0.6 is 0 Å². The lowest BCUT2D eigenvalue weighted by atomic mass is 10.1. The second-order valence-corrected chi connectivity index (χ2v) is 8.51. The minimum Gasteiger partial charge on any atom is -0.494 e.